The molecule has 0 saturated carbocycles. The highest BCUT2D eigenvalue weighted by Gasteiger charge is 2.02. The molecule has 19 heavy (non-hydrogen) atoms. The van der Waals surface area contributed by atoms with Crippen molar-refractivity contribution in [1.29, 1.82) is 0 Å². The summed E-state index contributed by atoms with van der Waals surface area (Å²) < 4.78 is 0. The summed E-state index contributed by atoms with van der Waals surface area (Å²) in [4.78, 5) is 11.0. The first-order valence-corrected chi connectivity index (χ1v) is 6.31. The van der Waals surface area contributed by atoms with Gasteiger partial charge in [-0.1, -0.05) is 12.1 Å². The van der Waals surface area contributed by atoms with Crippen LogP contribution in [0.4, 0.5) is 5.69 Å². The first-order chi connectivity index (χ1) is 9.19. The molecular formula is C13H14N4OS. The molecule has 0 amide bonds. The van der Waals surface area contributed by atoms with Crippen molar-refractivity contribution in [2.45, 2.75) is 6.92 Å². The van der Waals surface area contributed by atoms with Crippen molar-refractivity contribution in [3.8, 4) is 11.3 Å². The zero-order valence-electron chi connectivity index (χ0n) is 10.4. The number of nitrogens with one attached hydrogen (secondary N) is 3. The lowest BCUT2D eigenvalue weighted by atomic mass is 10.1. The van der Waals surface area contributed by atoms with Gasteiger partial charge in [0.15, 0.2) is 5.11 Å². The minimum absolute atomic E-state index is 0.216. The molecule has 0 unspecified atom stereocenters. The van der Waals surface area contributed by atoms with Gasteiger partial charge in [0.1, 0.15) is 0 Å². The van der Waals surface area contributed by atoms with Gasteiger partial charge in [0, 0.05) is 23.9 Å². The number of aromatic amines is 1. The topological polar surface area (TPSA) is 69.8 Å². The smallest absolute Gasteiger partial charge is 0.264 e. The molecule has 0 atom stereocenters. The summed E-state index contributed by atoms with van der Waals surface area (Å²) in [6, 6.07) is 10.8. The van der Waals surface area contributed by atoms with Gasteiger partial charge >= 0.3 is 0 Å². The molecule has 3 N–H and O–H groups in total. The number of H-pyrrole nitrogens is 1. The Bertz CT molecular complexity index is 618. The van der Waals surface area contributed by atoms with Crippen molar-refractivity contribution in [2.75, 3.05) is 11.9 Å². The van der Waals surface area contributed by atoms with Gasteiger partial charge in [-0.05, 0) is 37.3 Å². The number of nitrogens with zero attached hydrogens (tertiary/aromatic N) is 1. The molecule has 2 aromatic rings. The van der Waals surface area contributed by atoms with Crippen LogP contribution in [-0.4, -0.2) is 21.9 Å². The number of hydrogen-bond donors (Lipinski definition) is 3. The van der Waals surface area contributed by atoms with Crippen LogP contribution in [0.25, 0.3) is 11.3 Å². The second-order valence-corrected chi connectivity index (χ2v) is 4.28. The van der Waals surface area contributed by atoms with Crippen LogP contribution >= 0.6 is 12.2 Å². The highest BCUT2D eigenvalue weighted by molar-refractivity contribution is 7.80. The summed E-state index contributed by atoms with van der Waals surface area (Å²) in [6.45, 7) is 2.75. The average molecular weight is 274 g/mol. The molecule has 2 rings (SSSR count). The Labute approximate surface area is 116 Å². The molecule has 0 radical (unpaired) electrons. The largest absolute Gasteiger partial charge is 0.363 e. The summed E-state index contributed by atoms with van der Waals surface area (Å²) >= 11 is 5.13. The van der Waals surface area contributed by atoms with Crippen LogP contribution in [-0.2, 0) is 0 Å². The normalized spacial score (nSPS) is 9.95. The molecule has 5 nitrogen and oxygen atoms in total. The molecule has 0 aliphatic rings. The number of hydrogen-bond acceptors (Lipinski definition) is 3. The van der Waals surface area contributed by atoms with Gasteiger partial charge in [-0.25, -0.2) is 5.10 Å². The molecule has 0 aliphatic carbocycles. The fraction of sp³-hybridized carbons (Fsp3) is 0.154. The zero-order valence-corrected chi connectivity index (χ0v) is 11.3. The van der Waals surface area contributed by atoms with Gasteiger partial charge in [0.2, 0.25) is 0 Å². The first kappa shape index (κ1) is 13.2. The van der Waals surface area contributed by atoms with Gasteiger partial charge in [-0.15, -0.1) is 0 Å². The van der Waals surface area contributed by atoms with E-state index in [-0.39, 0.29) is 5.56 Å². The highest BCUT2D eigenvalue weighted by Crippen LogP contribution is 2.19. The van der Waals surface area contributed by atoms with Crippen molar-refractivity contribution in [3.05, 3.63) is 46.8 Å². The molecule has 1 aromatic heterocycles. The van der Waals surface area contributed by atoms with Crippen LogP contribution < -0.4 is 16.2 Å². The Morgan fingerprint density at radius 1 is 1.37 bits per heavy atom. The molecule has 6 heteroatoms. The lowest BCUT2D eigenvalue weighted by Gasteiger charge is -2.09. The Kier molecular flexibility index (Phi) is 4.25. The molecule has 0 spiro atoms. The Balaban J connectivity index is 2.21. The molecule has 98 valence electrons. The lowest BCUT2D eigenvalue weighted by molar-refractivity contribution is 0.979. The van der Waals surface area contributed by atoms with Gasteiger partial charge in [0.25, 0.3) is 5.56 Å². The molecule has 0 fully saturated rings. The van der Waals surface area contributed by atoms with E-state index in [9.17, 15) is 4.79 Å². The van der Waals surface area contributed by atoms with E-state index in [0.717, 1.165) is 17.8 Å². The van der Waals surface area contributed by atoms with E-state index >= 15 is 0 Å². The highest BCUT2D eigenvalue weighted by atomic mass is 32.1. The summed E-state index contributed by atoms with van der Waals surface area (Å²) in [6.07, 6.45) is 0. The van der Waals surface area contributed by atoms with Crippen LogP contribution in [0.1, 0.15) is 6.92 Å². The van der Waals surface area contributed by atoms with Crippen LogP contribution in [0.3, 0.4) is 0 Å². The number of thiocarbonyl (C=S) groups is 1. The Hall–Kier alpha value is -2.21. The van der Waals surface area contributed by atoms with E-state index in [0.29, 0.717) is 10.8 Å². The molecular weight excluding hydrogens is 260 g/mol. The summed E-state index contributed by atoms with van der Waals surface area (Å²) in [7, 11) is 0. The van der Waals surface area contributed by atoms with Crippen molar-refractivity contribution in [3.63, 3.8) is 0 Å². The zero-order chi connectivity index (χ0) is 13.7. The quantitative estimate of drug-likeness (QED) is 0.744. The SMILES string of the molecule is CCNC(=S)Nc1cccc(-c2ccc(=O)[nH]n2)c1. The minimum Gasteiger partial charge on any atom is -0.363 e. The van der Waals surface area contributed by atoms with Crippen LogP contribution in [0, 0.1) is 0 Å². The first-order valence-electron chi connectivity index (χ1n) is 5.90. The average Bonchev–Trinajstić information content (AvgIpc) is 2.40. The third-order valence-corrected chi connectivity index (χ3v) is 2.68. The van der Waals surface area contributed by atoms with Gasteiger partial charge in [-0.2, -0.15) is 5.10 Å². The summed E-state index contributed by atoms with van der Waals surface area (Å²) in [5, 5.41) is 13.1. The maximum Gasteiger partial charge on any atom is 0.264 e. The maximum atomic E-state index is 11.0. The molecule has 0 bridgehead atoms. The van der Waals surface area contributed by atoms with Crippen LogP contribution in [0.15, 0.2) is 41.2 Å². The van der Waals surface area contributed by atoms with E-state index in [1.54, 1.807) is 6.07 Å². The minimum atomic E-state index is -0.216. The second-order valence-electron chi connectivity index (χ2n) is 3.87. The van der Waals surface area contributed by atoms with E-state index in [2.05, 4.69) is 20.8 Å². The number of aromatic nitrogens is 2. The maximum absolute atomic E-state index is 11.0. The number of rotatable bonds is 3. The third-order valence-electron chi connectivity index (χ3n) is 2.43. The van der Waals surface area contributed by atoms with E-state index < -0.39 is 0 Å². The van der Waals surface area contributed by atoms with Crippen molar-refractivity contribution < 1.29 is 0 Å². The Morgan fingerprint density at radius 2 is 2.21 bits per heavy atom. The predicted molar refractivity (Wildman–Crippen MR) is 80.2 cm³/mol. The van der Waals surface area contributed by atoms with Crippen molar-refractivity contribution in [1.82, 2.24) is 15.5 Å². The third kappa shape index (κ3) is 3.62. The van der Waals surface area contributed by atoms with E-state index in [1.807, 2.05) is 31.2 Å². The standard InChI is InChI=1S/C13H14N4OS/c1-2-14-13(19)15-10-5-3-4-9(8-10)11-6-7-12(18)17-16-11/h3-8H,2H2,1H3,(H,17,18)(H2,14,15,19). The van der Waals surface area contributed by atoms with Gasteiger partial charge in [0.05, 0.1) is 5.69 Å². The molecule has 0 saturated heterocycles. The van der Waals surface area contributed by atoms with Crippen molar-refractivity contribution >= 4 is 23.0 Å². The fourth-order valence-corrected chi connectivity index (χ4v) is 1.86. The monoisotopic (exact) mass is 274 g/mol. The van der Waals surface area contributed by atoms with E-state index in [4.69, 9.17) is 12.2 Å². The lowest BCUT2D eigenvalue weighted by Crippen LogP contribution is -2.27. The molecule has 0 aliphatic heterocycles. The number of benzene rings is 1. The van der Waals surface area contributed by atoms with Gasteiger partial charge in [-0.3, -0.25) is 4.79 Å². The van der Waals surface area contributed by atoms with Crippen LogP contribution in [0.5, 0.6) is 0 Å². The molecule has 1 heterocycles. The van der Waals surface area contributed by atoms with Crippen molar-refractivity contribution in [2.24, 2.45) is 0 Å². The number of anilines is 1. The fourth-order valence-electron chi connectivity index (χ4n) is 1.60. The van der Waals surface area contributed by atoms with Crippen LogP contribution in [0.2, 0.25) is 0 Å². The molecule has 1 aromatic carbocycles. The summed E-state index contributed by atoms with van der Waals surface area (Å²) in [5.74, 6) is 0. The second kappa shape index (κ2) is 6.10. The Morgan fingerprint density at radius 3 is 2.89 bits per heavy atom. The summed E-state index contributed by atoms with van der Waals surface area (Å²) in [5.41, 5.74) is 2.26. The predicted octanol–water partition coefficient (Wildman–Crippen LogP) is 1.74. The van der Waals surface area contributed by atoms with Gasteiger partial charge < -0.3 is 10.6 Å². The van der Waals surface area contributed by atoms with E-state index in [1.165, 1.54) is 6.07 Å².